The maximum Gasteiger partial charge on any atom is 0.143 e. The fourth-order valence-corrected chi connectivity index (χ4v) is 2.25. The molecule has 1 aliphatic heterocycles. The Hall–Kier alpha value is -0.970. The highest BCUT2D eigenvalue weighted by molar-refractivity contribution is 6.36. The van der Waals surface area contributed by atoms with Crippen molar-refractivity contribution in [3.05, 3.63) is 27.7 Å². The topological polar surface area (TPSA) is 39.1 Å². The van der Waals surface area contributed by atoms with Crippen molar-refractivity contribution in [3.63, 3.8) is 0 Å². The van der Waals surface area contributed by atoms with Crippen LogP contribution < -0.4 is 0 Å². The summed E-state index contributed by atoms with van der Waals surface area (Å²) in [6.07, 6.45) is 1.60. The fraction of sp³-hybridized carbons (Fsp3) is 0.417. The van der Waals surface area contributed by atoms with E-state index < -0.39 is 0 Å². The van der Waals surface area contributed by atoms with Crippen molar-refractivity contribution in [2.75, 3.05) is 33.2 Å². The molecule has 1 saturated heterocycles. The number of phenolic OH excluding ortho intramolecular Hbond substituents is 1. The molecule has 0 radical (unpaired) electrons. The number of hydrogen-bond donors (Lipinski definition) is 1. The van der Waals surface area contributed by atoms with Crippen molar-refractivity contribution < 1.29 is 5.11 Å². The van der Waals surface area contributed by atoms with Crippen molar-refractivity contribution in [2.24, 2.45) is 5.10 Å². The lowest BCUT2D eigenvalue weighted by atomic mass is 10.2. The zero-order chi connectivity index (χ0) is 13.1. The van der Waals surface area contributed by atoms with Gasteiger partial charge in [0.2, 0.25) is 0 Å². The number of rotatable bonds is 2. The highest BCUT2D eigenvalue weighted by atomic mass is 35.5. The number of likely N-dealkylation sites (N-methyl/N-ethyl adjacent to an activating group) is 1. The van der Waals surface area contributed by atoms with Crippen LogP contribution >= 0.6 is 23.2 Å². The van der Waals surface area contributed by atoms with Gasteiger partial charge in [-0.05, 0) is 19.2 Å². The van der Waals surface area contributed by atoms with Crippen molar-refractivity contribution >= 4 is 29.4 Å². The van der Waals surface area contributed by atoms with Crippen LogP contribution in [0.15, 0.2) is 17.2 Å². The van der Waals surface area contributed by atoms with E-state index >= 15 is 0 Å². The third-order valence-electron chi connectivity index (χ3n) is 2.90. The molecule has 0 saturated carbocycles. The van der Waals surface area contributed by atoms with Crippen molar-refractivity contribution in [1.29, 1.82) is 0 Å². The zero-order valence-corrected chi connectivity index (χ0v) is 11.6. The average Bonchev–Trinajstić information content (AvgIpc) is 2.34. The molecule has 0 atom stereocenters. The van der Waals surface area contributed by atoms with Gasteiger partial charge in [0.05, 0.1) is 11.2 Å². The summed E-state index contributed by atoms with van der Waals surface area (Å²) in [6.45, 7) is 3.73. The molecule has 2 rings (SSSR count). The molecule has 0 aliphatic carbocycles. The van der Waals surface area contributed by atoms with E-state index in [0.29, 0.717) is 10.6 Å². The smallest absolute Gasteiger partial charge is 0.143 e. The van der Waals surface area contributed by atoms with Gasteiger partial charge in [0.25, 0.3) is 0 Å². The minimum absolute atomic E-state index is 0.0129. The zero-order valence-electron chi connectivity index (χ0n) is 10.1. The fourth-order valence-electron chi connectivity index (χ4n) is 1.74. The van der Waals surface area contributed by atoms with Crippen LogP contribution in [0.5, 0.6) is 5.75 Å². The highest BCUT2D eigenvalue weighted by Crippen LogP contribution is 2.30. The Labute approximate surface area is 116 Å². The van der Waals surface area contributed by atoms with Gasteiger partial charge in [-0.15, -0.1) is 0 Å². The van der Waals surface area contributed by atoms with Gasteiger partial charge in [0, 0.05) is 36.8 Å². The molecule has 0 unspecified atom stereocenters. The van der Waals surface area contributed by atoms with E-state index in [0.717, 1.165) is 26.2 Å². The molecule has 1 heterocycles. The molecule has 1 aromatic rings. The van der Waals surface area contributed by atoms with Gasteiger partial charge in [-0.1, -0.05) is 23.2 Å². The lowest BCUT2D eigenvalue weighted by Gasteiger charge is -2.30. The normalized spacial score (nSPS) is 17.6. The van der Waals surface area contributed by atoms with Gasteiger partial charge < -0.3 is 10.0 Å². The molecule has 0 bridgehead atoms. The van der Waals surface area contributed by atoms with E-state index in [2.05, 4.69) is 17.0 Å². The van der Waals surface area contributed by atoms with Crippen molar-refractivity contribution in [2.45, 2.75) is 0 Å². The first kappa shape index (κ1) is 13.5. The number of aromatic hydroxyl groups is 1. The van der Waals surface area contributed by atoms with Gasteiger partial charge in [-0.2, -0.15) is 5.10 Å². The Morgan fingerprint density at radius 2 is 1.89 bits per heavy atom. The van der Waals surface area contributed by atoms with Gasteiger partial charge in [-0.3, -0.25) is 5.01 Å². The van der Waals surface area contributed by atoms with Gasteiger partial charge in [-0.25, -0.2) is 0 Å². The maximum atomic E-state index is 9.78. The number of halogens is 2. The second-order valence-corrected chi connectivity index (χ2v) is 5.17. The van der Waals surface area contributed by atoms with Gasteiger partial charge >= 0.3 is 0 Å². The highest BCUT2D eigenvalue weighted by Gasteiger charge is 2.11. The predicted octanol–water partition coefficient (Wildman–Crippen LogP) is 2.28. The lowest BCUT2D eigenvalue weighted by molar-refractivity contribution is 0.159. The standard InChI is InChI=1S/C12H15Cl2N3O/c1-16-2-4-17(5-3-16)15-8-9-6-10(13)7-11(14)12(9)18/h6-8,18H,2-5H2,1H3/b15-8+. The minimum atomic E-state index is 0.0129. The number of piperazine rings is 1. The summed E-state index contributed by atoms with van der Waals surface area (Å²) in [6, 6.07) is 3.15. The van der Waals surface area contributed by atoms with Crippen LogP contribution in [-0.4, -0.2) is 54.5 Å². The molecule has 0 aromatic heterocycles. The summed E-state index contributed by atoms with van der Waals surface area (Å²) in [7, 11) is 2.09. The minimum Gasteiger partial charge on any atom is -0.506 e. The largest absolute Gasteiger partial charge is 0.506 e. The Balaban J connectivity index is 2.09. The van der Waals surface area contributed by atoms with Crippen LogP contribution in [0.1, 0.15) is 5.56 Å². The SMILES string of the molecule is CN1CCN(/N=C/c2cc(Cl)cc(Cl)c2O)CC1. The number of nitrogens with zero attached hydrogens (tertiary/aromatic N) is 3. The summed E-state index contributed by atoms with van der Waals surface area (Å²) in [5.41, 5.74) is 0.534. The first-order valence-corrected chi connectivity index (χ1v) is 6.47. The number of benzene rings is 1. The van der Waals surface area contributed by atoms with Crippen LogP contribution in [0.3, 0.4) is 0 Å². The lowest BCUT2D eigenvalue weighted by Crippen LogP contribution is -2.41. The Morgan fingerprint density at radius 1 is 1.22 bits per heavy atom. The van der Waals surface area contributed by atoms with Crippen molar-refractivity contribution in [3.8, 4) is 5.75 Å². The van der Waals surface area contributed by atoms with Crippen LogP contribution in [0.25, 0.3) is 0 Å². The maximum absolute atomic E-state index is 9.78. The number of hydrazone groups is 1. The van der Waals surface area contributed by atoms with E-state index in [1.807, 2.05) is 5.01 Å². The van der Waals surface area contributed by atoms with Crippen LogP contribution in [0, 0.1) is 0 Å². The van der Waals surface area contributed by atoms with E-state index in [4.69, 9.17) is 23.2 Å². The molecule has 0 spiro atoms. The summed E-state index contributed by atoms with van der Waals surface area (Å²) < 4.78 is 0. The average molecular weight is 288 g/mol. The number of hydrogen-bond acceptors (Lipinski definition) is 4. The van der Waals surface area contributed by atoms with Gasteiger partial charge in [0.15, 0.2) is 0 Å². The van der Waals surface area contributed by atoms with Crippen LogP contribution in [0.4, 0.5) is 0 Å². The van der Waals surface area contributed by atoms with E-state index in [1.54, 1.807) is 12.3 Å². The third kappa shape index (κ3) is 3.28. The molecular weight excluding hydrogens is 273 g/mol. The molecule has 6 heteroatoms. The van der Waals surface area contributed by atoms with E-state index in [9.17, 15) is 5.11 Å². The monoisotopic (exact) mass is 287 g/mol. The molecule has 1 fully saturated rings. The quantitative estimate of drug-likeness (QED) is 0.849. The summed E-state index contributed by atoms with van der Waals surface area (Å²) >= 11 is 11.7. The summed E-state index contributed by atoms with van der Waals surface area (Å²) in [4.78, 5) is 2.25. The predicted molar refractivity (Wildman–Crippen MR) is 74.8 cm³/mol. The molecule has 0 amide bonds. The van der Waals surface area contributed by atoms with Gasteiger partial charge in [0.1, 0.15) is 5.75 Å². The Kier molecular flexibility index (Phi) is 4.32. The summed E-state index contributed by atoms with van der Waals surface area (Å²) in [5, 5.41) is 16.8. The van der Waals surface area contributed by atoms with Crippen LogP contribution in [0.2, 0.25) is 10.0 Å². The molecule has 4 nitrogen and oxygen atoms in total. The van der Waals surface area contributed by atoms with Crippen LogP contribution in [-0.2, 0) is 0 Å². The second kappa shape index (κ2) is 5.78. The van der Waals surface area contributed by atoms with Crippen molar-refractivity contribution in [1.82, 2.24) is 9.91 Å². The molecule has 98 valence electrons. The molecule has 1 aromatic carbocycles. The van der Waals surface area contributed by atoms with E-state index in [1.165, 1.54) is 6.07 Å². The number of phenols is 1. The third-order valence-corrected chi connectivity index (χ3v) is 3.40. The Morgan fingerprint density at radius 3 is 2.56 bits per heavy atom. The second-order valence-electron chi connectivity index (χ2n) is 4.33. The summed E-state index contributed by atoms with van der Waals surface area (Å²) in [5.74, 6) is 0.0129. The molecule has 18 heavy (non-hydrogen) atoms. The van der Waals surface area contributed by atoms with E-state index in [-0.39, 0.29) is 10.8 Å². The first-order chi connectivity index (χ1) is 8.56. The molecule has 1 aliphatic rings. The first-order valence-electron chi connectivity index (χ1n) is 5.72. The molecular formula is C12H15Cl2N3O. The Bertz CT molecular complexity index is 457. The molecule has 1 N–H and O–H groups in total.